The molecule has 2 aliphatic rings. The lowest BCUT2D eigenvalue weighted by Crippen LogP contribution is -2.58. The molecule has 2 fully saturated rings. The normalized spacial score (nSPS) is 23.9. The van der Waals surface area contributed by atoms with Gasteiger partial charge in [-0.1, -0.05) is 24.0 Å². The van der Waals surface area contributed by atoms with Crippen LogP contribution < -0.4 is 11.5 Å². The number of piperidine rings is 2. The van der Waals surface area contributed by atoms with E-state index in [0.717, 1.165) is 49.7 Å². The number of carbonyl (C=O) groups is 2. The Hall–Kier alpha value is -1.34. The zero-order valence-corrected chi connectivity index (χ0v) is 24.9. The number of carbonyl (C=O) groups excluding carboxylic acids is 2. The minimum atomic E-state index is -1.54. The molecule has 2 saturated heterocycles. The maximum absolute atomic E-state index is 13.8. The number of ketones is 2. The van der Waals surface area contributed by atoms with E-state index in [1.54, 1.807) is 12.2 Å². The molecule has 0 bridgehead atoms. The highest BCUT2D eigenvalue weighted by atomic mass is 16.2. The van der Waals surface area contributed by atoms with Crippen molar-refractivity contribution in [3.8, 4) is 0 Å². The largest absolute Gasteiger partial charge is 0.330 e. The summed E-state index contributed by atoms with van der Waals surface area (Å²) in [5, 5.41) is 0. The summed E-state index contributed by atoms with van der Waals surface area (Å²) in [7, 11) is 4.28. The fraction of sp³-hybridized carbons (Fsp3) is 0.800. The predicted molar refractivity (Wildman–Crippen MR) is 151 cm³/mol. The van der Waals surface area contributed by atoms with Crippen molar-refractivity contribution < 1.29 is 9.59 Å². The average molecular weight is 503 g/mol. The monoisotopic (exact) mass is 502 g/mol. The second-order valence-electron chi connectivity index (χ2n) is 14.0. The van der Waals surface area contributed by atoms with E-state index in [9.17, 15) is 9.59 Å². The first kappa shape index (κ1) is 30.9. The van der Waals surface area contributed by atoms with Gasteiger partial charge in [0, 0.05) is 22.2 Å². The first-order chi connectivity index (χ1) is 16.3. The standard InChI is InChI=1S/C30H54N4O2/c1-26(2)18-22(19-27(3,4)33(26)9)16-24(35)30(32,14-12-11-13-15-31)25(36)17-23-20-28(5,6)34(10)29(7,8)21-23/h16-17H,11-15,18-21,31-32H2,1-10H3. The lowest BCUT2D eigenvalue weighted by Gasteiger charge is -2.52. The molecule has 0 saturated carbocycles. The van der Waals surface area contributed by atoms with Crippen LogP contribution in [0.3, 0.4) is 0 Å². The number of hydrogen-bond acceptors (Lipinski definition) is 6. The molecular weight excluding hydrogens is 448 g/mol. The van der Waals surface area contributed by atoms with Gasteiger partial charge < -0.3 is 11.5 Å². The van der Waals surface area contributed by atoms with Gasteiger partial charge in [-0.2, -0.15) is 0 Å². The molecule has 36 heavy (non-hydrogen) atoms. The highest BCUT2D eigenvalue weighted by Gasteiger charge is 2.45. The van der Waals surface area contributed by atoms with Crippen LogP contribution in [0.15, 0.2) is 23.3 Å². The molecule has 2 rings (SSSR count). The first-order valence-corrected chi connectivity index (χ1v) is 13.7. The van der Waals surface area contributed by atoms with Crippen LogP contribution in [0.25, 0.3) is 0 Å². The van der Waals surface area contributed by atoms with E-state index in [2.05, 4.69) is 79.3 Å². The van der Waals surface area contributed by atoms with Gasteiger partial charge in [0.1, 0.15) is 5.54 Å². The zero-order valence-electron chi connectivity index (χ0n) is 24.9. The molecule has 0 unspecified atom stereocenters. The molecule has 0 aromatic rings. The first-order valence-electron chi connectivity index (χ1n) is 13.7. The summed E-state index contributed by atoms with van der Waals surface area (Å²) in [6, 6.07) is 0. The molecule has 0 radical (unpaired) electrons. The van der Waals surface area contributed by atoms with E-state index >= 15 is 0 Å². The van der Waals surface area contributed by atoms with Gasteiger partial charge in [-0.15, -0.1) is 0 Å². The Balaban J connectivity index is 2.40. The van der Waals surface area contributed by atoms with Crippen molar-refractivity contribution >= 4 is 11.6 Å². The van der Waals surface area contributed by atoms with Gasteiger partial charge in [-0.3, -0.25) is 19.4 Å². The Morgan fingerprint density at radius 1 is 0.722 bits per heavy atom. The number of nitrogens with zero attached hydrogens (tertiary/aromatic N) is 2. The van der Waals surface area contributed by atoms with Crippen molar-refractivity contribution in [2.24, 2.45) is 11.5 Å². The van der Waals surface area contributed by atoms with Crippen molar-refractivity contribution in [1.82, 2.24) is 9.80 Å². The smallest absolute Gasteiger partial charge is 0.183 e. The van der Waals surface area contributed by atoms with Crippen LogP contribution in [0.5, 0.6) is 0 Å². The Morgan fingerprint density at radius 2 is 1.06 bits per heavy atom. The van der Waals surface area contributed by atoms with Gasteiger partial charge in [0.15, 0.2) is 11.6 Å². The van der Waals surface area contributed by atoms with Gasteiger partial charge in [0.05, 0.1) is 0 Å². The number of likely N-dealkylation sites (tertiary alicyclic amines) is 2. The van der Waals surface area contributed by atoms with Crippen molar-refractivity contribution in [2.45, 2.75) is 134 Å². The van der Waals surface area contributed by atoms with Crippen molar-refractivity contribution in [3.05, 3.63) is 23.3 Å². The van der Waals surface area contributed by atoms with Gasteiger partial charge in [-0.05, 0) is 127 Å². The molecule has 0 atom stereocenters. The maximum Gasteiger partial charge on any atom is 0.183 e. The highest BCUT2D eigenvalue weighted by Crippen LogP contribution is 2.41. The summed E-state index contributed by atoms with van der Waals surface area (Å²) in [6.45, 7) is 18.2. The number of hydrogen-bond donors (Lipinski definition) is 2. The van der Waals surface area contributed by atoms with Gasteiger partial charge in [0.2, 0.25) is 0 Å². The maximum atomic E-state index is 13.8. The average Bonchev–Trinajstić information content (AvgIpc) is 2.72. The molecule has 6 nitrogen and oxygen atoms in total. The molecular formula is C30H54N4O2. The lowest BCUT2D eigenvalue weighted by atomic mass is 9.74. The van der Waals surface area contributed by atoms with Crippen molar-refractivity contribution in [1.29, 1.82) is 0 Å². The van der Waals surface area contributed by atoms with Crippen LogP contribution in [0, 0.1) is 0 Å². The SMILES string of the molecule is CN1C(C)(C)CC(=CC(=O)C(N)(CCCCCN)C(=O)C=C2CC(C)(C)N(C)C(C)(C)C2)CC1(C)C. The molecule has 0 spiro atoms. The van der Waals surface area contributed by atoms with E-state index in [0.29, 0.717) is 19.4 Å². The number of rotatable bonds is 9. The lowest BCUT2D eigenvalue weighted by molar-refractivity contribution is -0.129. The molecule has 2 aliphatic heterocycles. The molecule has 6 heteroatoms. The van der Waals surface area contributed by atoms with Crippen LogP contribution in [-0.4, -0.2) is 69.7 Å². The van der Waals surface area contributed by atoms with Gasteiger partial charge in [0.25, 0.3) is 0 Å². The topological polar surface area (TPSA) is 92.7 Å². The van der Waals surface area contributed by atoms with Crippen LogP contribution in [0.4, 0.5) is 0 Å². The molecule has 4 N–H and O–H groups in total. The van der Waals surface area contributed by atoms with E-state index in [4.69, 9.17) is 11.5 Å². The fourth-order valence-corrected chi connectivity index (χ4v) is 6.39. The van der Waals surface area contributed by atoms with Crippen molar-refractivity contribution in [3.63, 3.8) is 0 Å². The van der Waals surface area contributed by atoms with E-state index in [-0.39, 0.29) is 33.7 Å². The minimum absolute atomic E-state index is 0.0798. The third-order valence-electron chi connectivity index (χ3n) is 9.10. The van der Waals surface area contributed by atoms with Crippen molar-refractivity contribution in [2.75, 3.05) is 20.6 Å². The Bertz CT molecular complexity index is 791. The third-order valence-corrected chi connectivity index (χ3v) is 9.10. The second kappa shape index (κ2) is 10.8. The molecule has 0 aromatic heterocycles. The predicted octanol–water partition coefficient (Wildman–Crippen LogP) is 4.76. The summed E-state index contributed by atoms with van der Waals surface area (Å²) in [5.41, 5.74) is 12.8. The third kappa shape index (κ3) is 6.75. The number of unbranched alkanes of at least 4 members (excludes halogenated alkanes) is 2. The summed E-state index contributed by atoms with van der Waals surface area (Å²) in [5.74, 6) is -0.510. The number of nitrogens with two attached hydrogens (primary N) is 2. The minimum Gasteiger partial charge on any atom is -0.330 e. The molecule has 0 aliphatic carbocycles. The van der Waals surface area contributed by atoms with Crippen LogP contribution in [0.2, 0.25) is 0 Å². The molecule has 206 valence electrons. The van der Waals surface area contributed by atoms with Gasteiger partial charge in [-0.25, -0.2) is 0 Å². The van der Waals surface area contributed by atoms with Crippen LogP contribution in [0.1, 0.15) is 107 Å². The Kier molecular flexibility index (Phi) is 9.26. The molecule has 2 heterocycles. The fourth-order valence-electron chi connectivity index (χ4n) is 6.39. The van der Waals surface area contributed by atoms with E-state index in [1.165, 1.54) is 0 Å². The Labute approximate surface area is 220 Å². The van der Waals surface area contributed by atoms with E-state index < -0.39 is 5.54 Å². The summed E-state index contributed by atoms with van der Waals surface area (Å²) < 4.78 is 0. The van der Waals surface area contributed by atoms with Crippen LogP contribution >= 0.6 is 0 Å². The second-order valence-corrected chi connectivity index (χ2v) is 14.0. The summed E-state index contributed by atoms with van der Waals surface area (Å²) in [6.07, 6.45) is 9.32. The quantitative estimate of drug-likeness (QED) is 0.268. The zero-order chi connectivity index (χ0) is 27.7. The highest BCUT2D eigenvalue weighted by molar-refractivity contribution is 6.19. The molecule has 0 amide bonds. The van der Waals surface area contributed by atoms with Crippen LogP contribution in [-0.2, 0) is 9.59 Å². The van der Waals surface area contributed by atoms with E-state index in [1.807, 2.05) is 0 Å². The molecule has 0 aromatic carbocycles. The summed E-state index contributed by atoms with van der Waals surface area (Å²) in [4.78, 5) is 32.3. The van der Waals surface area contributed by atoms with Gasteiger partial charge >= 0.3 is 0 Å². The summed E-state index contributed by atoms with van der Waals surface area (Å²) >= 11 is 0. The Morgan fingerprint density at radius 3 is 1.36 bits per heavy atom.